The first kappa shape index (κ1) is 13.5. The van der Waals surface area contributed by atoms with Gasteiger partial charge in [-0.25, -0.2) is 4.98 Å². The maximum Gasteiger partial charge on any atom is 0.119 e. The highest BCUT2D eigenvalue weighted by Gasteiger charge is 2.15. The number of fused-ring (bicyclic) bond motifs is 1. The fraction of sp³-hybridized carbons (Fsp3) is 0.235. The molecule has 108 valence electrons. The molecule has 0 atom stereocenters. The summed E-state index contributed by atoms with van der Waals surface area (Å²) in [6.45, 7) is 4.29. The Morgan fingerprint density at radius 3 is 2.43 bits per heavy atom. The summed E-state index contributed by atoms with van der Waals surface area (Å²) in [5.74, 6) is 2.19. The van der Waals surface area contributed by atoms with Gasteiger partial charge in [0.1, 0.15) is 11.6 Å². The van der Waals surface area contributed by atoms with E-state index in [-0.39, 0.29) is 0 Å². The standard InChI is InChI=1S/C17H19N3O/c1-11(2)17-19-15-10-12(18)4-9-16(15)20(17)13-5-7-14(21-3)8-6-13/h4-11H,18H2,1-3H3. The lowest BCUT2D eigenvalue weighted by molar-refractivity contribution is 0.414. The zero-order valence-electron chi connectivity index (χ0n) is 12.5. The summed E-state index contributed by atoms with van der Waals surface area (Å²) in [4.78, 5) is 4.74. The number of anilines is 1. The van der Waals surface area contributed by atoms with E-state index in [2.05, 4.69) is 18.4 Å². The molecule has 0 aliphatic rings. The van der Waals surface area contributed by atoms with E-state index in [1.54, 1.807) is 7.11 Å². The summed E-state index contributed by atoms with van der Waals surface area (Å²) >= 11 is 0. The molecule has 2 N–H and O–H groups in total. The lowest BCUT2D eigenvalue weighted by atomic mass is 10.2. The van der Waals surface area contributed by atoms with Gasteiger partial charge in [-0.15, -0.1) is 0 Å². The number of hydrogen-bond donors (Lipinski definition) is 1. The van der Waals surface area contributed by atoms with Gasteiger partial charge in [-0.1, -0.05) is 13.8 Å². The predicted molar refractivity (Wildman–Crippen MR) is 86.1 cm³/mol. The molecule has 0 saturated heterocycles. The number of hydrogen-bond acceptors (Lipinski definition) is 3. The number of nitrogen functional groups attached to an aromatic ring is 1. The Hall–Kier alpha value is -2.49. The van der Waals surface area contributed by atoms with Gasteiger partial charge in [-0.3, -0.25) is 4.57 Å². The van der Waals surface area contributed by atoms with Gasteiger partial charge in [0, 0.05) is 17.3 Å². The maximum absolute atomic E-state index is 5.87. The molecule has 0 aliphatic heterocycles. The Morgan fingerprint density at radius 2 is 1.81 bits per heavy atom. The van der Waals surface area contributed by atoms with Crippen LogP contribution in [0, 0.1) is 0 Å². The van der Waals surface area contributed by atoms with Crippen LogP contribution in [0.15, 0.2) is 42.5 Å². The van der Waals surface area contributed by atoms with E-state index in [4.69, 9.17) is 15.5 Å². The van der Waals surface area contributed by atoms with E-state index < -0.39 is 0 Å². The highest BCUT2D eigenvalue weighted by atomic mass is 16.5. The molecule has 2 aromatic carbocycles. The van der Waals surface area contributed by atoms with Crippen LogP contribution in [0.1, 0.15) is 25.6 Å². The molecule has 4 heteroatoms. The van der Waals surface area contributed by atoms with Crippen molar-refractivity contribution in [2.75, 3.05) is 12.8 Å². The largest absolute Gasteiger partial charge is 0.497 e. The number of rotatable bonds is 3. The number of imidazole rings is 1. The summed E-state index contributed by atoms with van der Waals surface area (Å²) in [6.07, 6.45) is 0. The first-order valence-corrected chi connectivity index (χ1v) is 7.02. The Bertz CT molecular complexity index is 773. The first-order valence-electron chi connectivity index (χ1n) is 7.02. The van der Waals surface area contributed by atoms with Crippen molar-refractivity contribution in [2.45, 2.75) is 19.8 Å². The average Bonchev–Trinajstić information content (AvgIpc) is 2.86. The highest BCUT2D eigenvalue weighted by molar-refractivity contribution is 5.81. The van der Waals surface area contributed by atoms with Gasteiger partial charge >= 0.3 is 0 Å². The molecule has 0 fully saturated rings. The van der Waals surface area contributed by atoms with Gasteiger partial charge < -0.3 is 10.5 Å². The van der Waals surface area contributed by atoms with Crippen molar-refractivity contribution in [3.63, 3.8) is 0 Å². The molecule has 1 heterocycles. The summed E-state index contributed by atoms with van der Waals surface area (Å²) in [7, 11) is 1.67. The van der Waals surface area contributed by atoms with Gasteiger partial charge in [0.15, 0.2) is 0 Å². The minimum absolute atomic E-state index is 0.320. The van der Waals surface area contributed by atoms with Crippen LogP contribution in [0.2, 0.25) is 0 Å². The monoisotopic (exact) mass is 281 g/mol. The molecule has 4 nitrogen and oxygen atoms in total. The zero-order chi connectivity index (χ0) is 15.0. The molecule has 1 aromatic heterocycles. The lowest BCUT2D eigenvalue weighted by Gasteiger charge is -2.12. The van der Waals surface area contributed by atoms with Crippen LogP contribution in [0.4, 0.5) is 5.69 Å². The highest BCUT2D eigenvalue weighted by Crippen LogP contribution is 2.28. The SMILES string of the molecule is COc1ccc(-n2c(C(C)C)nc3cc(N)ccc32)cc1. The Labute approximate surface area is 124 Å². The van der Waals surface area contributed by atoms with E-state index in [9.17, 15) is 0 Å². The van der Waals surface area contributed by atoms with Crippen molar-refractivity contribution in [2.24, 2.45) is 0 Å². The Kier molecular flexibility index (Phi) is 3.29. The van der Waals surface area contributed by atoms with Crippen LogP contribution < -0.4 is 10.5 Å². The molecular formula is C17H19N3O. The molecule has 3 aromatic rings. The predicted octanol–water partition coefficient (Wildman–Crippen LogP) is 3.74. The van der Waals surface area contributed by atoms with E-state index in [1.165, 1.54) is 0 Å². The van der Waals surface area contributed by atoms with Gasteiger partial charge in [0.2, 0.25) is 0 Å². The minimum atomic E-state index is 0.320. The third-order valence-electron chi connectivity index (χ3n) is 3.55. The van der Waals surface area contributed by atoms with Crippen LogP contribution in [0.25, 0.3) is 16.7 Å². The fourth-order valence-electron chi connectivity index (χ4n) is 2.51. The third kappa shape index (κ3) is 2.33. The Morgan fingerprint density at radius 1 is 1.10 bits per heavy atom. The number of methoxy groups -OCH3 is 1. The molecular weight excluding hydrogens is 262 g/mol. The van der Waals surface area contributed by atoms with Crippen molar-refractivity contribution in [3.8, 4) is 11.4 Å². The quantitative estimate of drug-likeness (QED) is 0.744. The maximum atomic E-state index is 5.87. The lowest BCUT2D eigenvalue weighted by Crippen LogP contribution is -2.03. The smallest absolute Gasteiger partial charge is 0.119 e. The van der Waals surface area contributed by atoms with E-state index in [1.807, 2.05) is 42.5 Å². The summed E-state index contributed by atoms with van der Waals surface area (Å²) in [5.41, 5.74) is 9.67. The molecule has 21 heavy (non-hydrogen) atoms. The normalized spacial score (nSPS) is 11.2. The molecule has 3 rings (SSSR count). The second kappa shape index (κ2) is 5.13. The number of ether oxygens (including phenoxy) is 1. The van der Waals surface area contributed by atoms with Crippen LogP contribution in [0.3, 0.4) is 0 Å². The minimum Gasteiger partial charge on any atom is -0.497 e. The van der Waals surface area contributed by atoms with Crippen molar-refractivity contribution in [1.29, 1.82) is 0 Å². The number of nitrogens with zero attached hydrogens (tertiary/aromatic N) is 2. The van der Waals surface area contributed by atoms with Gasteiger partial charge in [-0.05, 0) is 42.5 Å². The van der Waals surface area contributed by atoms with Crippen molar-refractivity contribution in [3.05, 3.63) is 48.3 Å². The molecule has 0 aliphatic carbocycles. The van der Waals surface area contributed by atoms with Crippen molar-refractivity contribution < 1.29 is 4.74 Å². The van der Waals surface area contributed by atoms with Crippen LogP contribution in [-0.2, 0) is 0 Å². The fourth-order valence-corrected chi connectivity index (χ4v) is 2.51. The van der Waals surface area contributed by atoms with Crippen molar-refractivity contribution in [1.82, 2.24) is 9.55 Å². The van der Waals surface area contributed by atoms with Crippen molar-refractivity contribution >= 4 is 16.7 Å². The van der Waals surface area contributed by atoms with Crippen LogP contribution >= 0.6 is 0 Å². The van der Waals surface area contributed by atoms with E-state index in [0.717, 1.165) is 34.0 Å². The number of benzene rings is 2. The third-order valence-corrected chi connectivity index (χ3v) is 3.55. The number of nitrogens with two attached hydrogens (primary N) is 1. The van der Waals surface area contributed by atoms with Gasteiger partial charge in [0.05, 0.1) is 18.1 Å². The molecule has 0 radical (unpaired) electrons. The first-order chi connectivity index (χ1) is 10.1. The number of aromatic nitrogens is 2. The van der Waals surface area contributed by atoms with E-state index in [0.29, 0.717) is 5.92 Å². The molecule has 0 bridgehead atoms. The molecule has 0 amide bonds. The van der Waals surface area contributed by atoms with E-state index >= 15 is 0 Å². The molecule has 0 spiro atoms. The second-order valence-corrected chi connectivity index (χ2v) is 5.41. The van der Waals surface area contributed by atoms with Gasteiger partial charge in [0.25, 0.3) is 0 Å². The molecule has 0 saturated carbocycles. The van der Waals surface area contributed by atoms with Crippen LogP contribution in [-0.4, -0.2) is 16.7 Å². The van der Waals surface area contributed by atoms with Gasteiger partial charge in [-0.2, -0.15) is 0 Å². The Balaban J connectivity index is 2.25. The average molecular weight is 281 g/mol. The summed E-state index contributed by atoms with van der Waals surface area (Å²) in [5, 5.41) is 0. The topological polar surface area (TPSA) is 53.1 Å². The van der Waals surface area contributed by atoms with Crippen LogP contribution in [0.5, 0.6) is 5.75 Å². The second-order valence-electron chi connectivity index (χ2n) is 5.41. The summed E-state index contributed by atoms with van der Waals surface area (Å²) in [6, 6.07) is 13.9. The zero-order valence-corrected chi connectivity index (χ0v) is 12.5. The molecule has 0 unspecified atom stereocenters. The summed E-state index contributed by atoms with van der Waals surface area (Å²) < 4.78 is 7.41.